The van der Waals surface area contributed by atoms with Gasteiger partial charge in [0.15, 0.2) is 0 Å². The van der Waals surface area contributed by atoms with Gasteiger partial charge < -0.3 is 11.1 Å². The molecule has 3 nitrogen and oxygen atoms in total. The normalized spacial score (nSPS) is 19.0. The van der Waals surface area contributed by atoms with Crippen LogP contribution in [0.2, 0.25) is 0 Å². The number of nitrogens with two attached hydrogens (primary N) is 1. The van der Waals surface area contributed by atoms with Crippen molar-refractivity contribution in [1.82, 2.24) is 5.32 Å². The number of carbonyl (C=O) groups is 1. The fourth-order valence-electron chi connectivity index (χ4n) is 0.809. The average molecular weight is 142 g/mol. The zero-order chi connectivity index (χ0) is 7.78. The highest BCUT2D eigenvalue weighted by atomic mass is 16.1. The summed E-state index contributed by atoms with van der Waals surface area (Å²) in [6.45, 7) is 3.63. The molecule has 0 unspecified atom stereocenters. The number of rotatable bonds is 3. The Morgan fingerprint density at radius 2 is 2.10 bits per heavy atom. The summed E-state index contributed by atoms with van der Waals surface area (Å²) in [5.41, 5.74) is 4.62. The molecule has 0 aromatic heterocycles. The van der Waals surface area contributed by atoms with Gasteiger partial charge in [-0.05, 0) is 26.7 Å². The summed E-state index contributed by atoms with van der Waals surface area (Å²) >= 11 is 0. The summed E-state index contributed by atoms with van der Waals surface area (Å²) in [6, 6.07) is 0.530. The zero-order valence-corrected chi connectivity index (χ0v) is 6.48. The molecule has 58 valence electrons. The topological polar surface area (TPSA) is 55.1 Å². The van der Waals surface area contributed by atoms with Gasteiger partial charge in [-0.15, -0.1) is 0 Å². The van der Waals surface area contributed by atoms with E-state index in [9.17, 15) is 4.79 Å². The van der Waals surface area contributed by atoms with E-state index >= 15 is 0 Å². The Kier molecular flexibility index (Phi) is 1.68. The number of primary amides is 1. The van der Waals surface area contributed by atoms with Gasteiger partial charge in [0, 0.05) is 6.04 Å². The fraction of sp³-hybridized carbons (Fsp3) is 0.857. The van der Waals surface area contributed by atoms with E-state index in [2.05, 4.69) is 5.32 Å². The molecule has 0 aliphatic heterocycles. The van der Waals surface area contributed by atoms with E-state index in [4.69, 9.17) is 5.73 Å². The molecule has 0 heterocycles. The molecule has 0 aromatic rings. The van der Waals surface area contributed by atoms with E-state index in [1.54, 1.807) is 0 Å². The highest BCUT2D eigenvalue weighted by Crippen LogP contribution is 2.21. The lowest BCUT2D eigenvalue weighted by molar-refractivity contribution is -0.123. The summed E-state index contributed by atoms with van der Waals surface area (Å²) in [6.07, 6.45) is 2.35. The molecule has 0 atom stereocenters. The molecule has 1 aliphatic rings. The standard InChI is InChI=1S/C7H14N2O/c1-7(2,6(8)10)9-5-3-4-5/h5,9H,3-4H2,1-2H3,(H2,8,10). The van der Waals surface area contributed by atoms with Gasteiger partial charge in [-0.25, -0.2) is 0 Å². The minimum atomic E-state index is -0.527. The number of carbonyl (C=O) groups excluding carboxylic acids is 1. The summed E-state index contributed by atoms with van der Waals surface area (Å²) in [7, 11) is 0. The van der Waals surface area contributed by atoms with Crippen molar-refractivity contribution < 1.29 is 4.79 Å². The maximum Gasteiger partial charge on any atom is 0.237 e. The number of hydrogen-bond acceptors (Lipinski definition) is 2. The Labute approximate surface area is 61.0 Å². The fourth-order valence-corrected chi connectivity index (χ4v) is 0.809. The Morgan fingerprint density at radius 1 is 1.60 bits per heavy atom. The summed E-state index contributed by atoms with van der Waals surface area (Å²) in [5, 5.41) is 3.16. The number of hydrogen-bond donors (Lipinski definition) is 2. The summed E-state index contributed by atoms with van der Waals surface area (Å²) < 4.78 is 0. The molecule has 0 bridgehead atoms. The molecule has 3 N–H and O–H groups in total. The first-order chi connectivity index (χ1) is 4.52. The second-order valence-electron chi connectivity index (χ2n) is 3.41. The van der Waals surface area contributed by atoms with E-state index in [0.29, 0.717) is 6.04 Å². The van der Waals surface area contributed by atoms with Gasteiger partial charge >= 0.3 is 0 Å². The van der Waals surface area contributed by atoms with Crippen LogP contribution in [-0.2, 0) is 4.79 Å². The van der Waals surface area contributed by atoms with Gasteiger partial charge in [-0.1, -0.05) is 0 Å². The van der Waals surface area contributed by atoms with Gasteiger partial charge in [0.25, 0.3) is 0 Å². The van der Waals surface area contributed by atoms with Crippen molar-refractivity contribution in [3.05, 3.63) is 0 Å². The summed E-state index contributed by atoms with van der Waals surface area (Å²) in [4.78, 5) is 10.7. The van der Waals surface area contributed by atoms with Crippen LogP contribution in [0.3, 0.4) is 0 Å². The van der Waals surface area contributed by atoms with E-state index in [-0.39, 0.29) is 5.91 Å². The Balaban J connectivity index is 2.40. The minimum absolute atomic E-state index is 0.278. The predicted molar refractivity (Wildman–Crippen MR) is 39.4 cm³/mol. The molecule has 1 fully saturated rings. The predicted octanol–water partition coefficient (Wildman–Crippen LogP) is 0.00230. The third kappa shape index (κ3) is 1.70. The van der Waals surface area contributed by atoms with E-state index in [1.165, 1.54) is 12.8 Å². The first-order valence-electron chi connectivity index (χ1n) is 3.60. The van der Waals surface area contributed by atoms with E-state index < -0.39 is 5.54 Å². The molecule has 1 rings (SSSR count). The SMILES string of the molecule is CC(C)(NC1CC1)C(N)=O. The third-order valence-electron chi connectivity index (χ3n) is 1.76. The molecule has 1 saturated carbocycles. The number of nitrogens with one attached hydrogen (secondary N) is 1. The first kappa shape index (κ1) is 7.54. The molecule has 0 radical (unpaired) electrons. The van der Waals surface area contributed by atoms with E-state index in [1.807, 2.05) is 13.8 Å². The van der Waals surface area contributed by atoms with Crippen molar-refractivity contribution in [1.29, 1.82) is 0 Å². The van der Waals surface area contributed by atoms with Gasteiger partial charge in [0.05, 0.1) is 5.54 Å². The lowest BCUT2D eigenvalue weighted by atomic mass is 10.1. The van der Waals surface area contributed by atoms with E-state index in [0.717, 1.165) is 0 Å². The molecule has 3 heteroatoms. The lowest BCUT2D eigenvalue weighted by Gasteiger charge is -2.21. The Hall–Kier alpha value is -0.570. The van der Waals surface area contributed by atoms with Crippen molar-refractivity contribution in [2.45, 2.75) is 38.3 Å². The van der Waals surface area contributed by atoms with Gasteiger partial charge in [-0.3, -0.25) is 4.79 Å². The van der Waals surface area contributed by atoms with Crippen molar-refractivity contribution >= 4 is 5.91 Å². The molecule has 0 spiro atoms. The van der Waals surface area contributed by atoms with Crippen LogP contribution in [0.15, 0.2) is 0 Å². The largest absolute Gasteiger partial charge is 0.368 e. The van der Waals surface area contributed by atoms with Crippen LogP contribution in [-0.4, -0.2) is 17.5 Å². The van der Waals surface area contributed by atoms with Crippen LogP contribution in [0, 0.1) is 0 Å². The second-order valence-corrected chi connectivity index (χ2v) is 3.41. The molecule has 1 aliphatic carbocycles. The van der Waals surface area contributed by atoms with Crippen LogP contribution < -0.4 is 11.1 Å². The summed E-state index contributed by atoms with van der Waals surface area (Å²) in [5.74, 6) is -0.278. The van der Waals surface area contributed by atoms with Crippen LogP contribution in [0.4, 0.5) is 0 Å². The third-order valence-corrected chi connectivity index (χ3v) is 1.76. The van der Waals surface area contributed by atoms with Crippen LogP contribution in [0.5, 0.6) is 0 Å². The molecule has 0 saturated heterocycles. The molecule has 0 aromatic carbocycles. The highest BCUT2D eigenvalue weighted by Gasteiger charge is 2.32. The Morgan fingerprint density at radius 3 is 2.40 bits per heavy atom. The lowest BCUT2D eigenvalue weighted by Crippen LogP contribution is -2.51. The van der Waals surface area contributed by atoms with Crippen molar-refractivity contribution in [2.24, 2.45) is 5.73 Å². The Bertz CT molecular complexity index is 150. The highest BCUT2D eigenvalue weighted by molar-refractivity contribution is 5.83. The van der Waals surface area contributed by atoms with Gasteiger partial charge in [0.1, 0.15) is 0 Å². The van der Waals surface area contributed by atoms with Gasteiger partial charge in [-0.2, -0.15) is 0 Å². The average Bonchev–Trinajstić information content (AvgIpc) is 2.48. The maximum atomic E-state index is 10.7. The van der Waals surface area contributed by atoms with Crippen molar-refractivity contribution in [3.63, 3.8) is 0 Å². The smallest absolute Gasteiger partial charge is 0.237 e. The van der Waals surface area contributed by atoms with Crippen LogP contribution in [0.1, 0.15) is 26.7 Å². The maximum absolute atomic E-state index is 10.7. The quantitative estimate of drug-likeness (QED) is 0.583. The van der Waals surface area contributed by atoms with Crippen molar-refractivity contribution in [3.8, 4) is 0 Å². The second kappa shape index (κ2) is 2.23. The van der Waals surface area contributed by atoms with Crippen LogP contribution >= 0.6 is 0 Å². The molecule has 1 amide bonds. The van der Waals surface area contributed by atoms with Crippen molar-refractivity contribution in [2.75, 3.05) is 0 Å². The first-order valence-corrected chi connectivity index (χ1v) is 3.60. The van der Waals surface area contributed by atoms with Gasteiger partial charge in [0.2, 0.25) is 5.91 Å². The molecular weight excluding hydrogens is 128 g/mol. The monoisotopic (exact) mass is 142 g/mol. The molecular formula is C7H14N2O. The van der Waals surface area contributed by atoms with Crippen LogP contribution in [0.25, 0.3) is 0 Å². The molecule has 10 heavy (non-hydrogen) atoms. The minimum Gasteiger partial charge on any atom is -0.368 e. The number of amides is 1. The zero-order valence-electron chi connectivity index (χ0n) is 6.48.